The predicted octanol–water partition coefficient (Wildman–Crippen LogP) is 3.07. The maximum atomic E-state index is 13.5. The molecule has 1 saturated heterocycles. The van der Waals surface area contributed by atoms with Gasteiger partial charge in [-0.05, 0) is 12.8 Å². The van der Waals surface area contributed by atoms with Crippen molar-refractivity contribution >= 4 is 11.8 Å². The average Bonchev–Trinajstić information content (AvgIpc) is 2.85. The third kappa shape index (κ3) is 10.1. The molecule has 39 heavy (non-hydrogen) atoms. The molecule has 0 saturated carbocycles. The largest absolute Gasteiger partial charge is 0.451 e. The van der Waals surface area contributed by atoms with Crippen LogP contribution in [0.3, 0.4) is 0 Å². The van der Waals surface area contributed by atoms with Crippen LogP contribution < -0.4 is 5.73 Å². The van der Waals surface area contributed by atoms with Crippen LogP contribution >= 0.6 is 0 Å². The first-order valence-electron chi connectivity index (χ1n) is 12.4. The van der Waals surface area contributed by atoms with E-state index in [0.29, 0.717) is 6.61 Å². The number of nitrogens with zero attached hydrogens (tertiary/aromatic N) is 4. The molecule has 0 unspecified atom stereocenters. The Kier molecular flexibility index (Phi) is 12.5. The van der Waals surface area contributed by atoms with E-state index in [9.17, 15) is 44.7 Å². The highest BCUT2D eigenvalue weighted by atomic mass is 19.4. The number of likely N-dealkylation sites (tertiary alicyclic amines) is 1. The fraction of sp³-hybridized carbons (Fsp3) is 0.739. The van der Waals surface area contributed by atoms with Gasteiger partial charge in [-0.2, -0.15) is 26.3 Å². The fourth-order valence-corrected chi connectivity index (χ4v) is 3.82. The SMILES string of the molecule is CC.CCCO.[NH3+][C@@H](CC(=O)N1CCc2c(nc(C(F)(F)F)nc2C(F)(F)F)C1)CN1CC(F)(F)CCC1=O. The van der Waals surface area contributed by atoms with Crippen molar-refractivity contribution in [3.05, 3.63) is 22.8 Å². The fourth-order valence-electron chi connectivity index (χ4n) is 3.82. The summed E-state index contributed by atoms with van der Waals surface area (Å²) in [6.45, 7) is 4.39. The number of aromatic nitrogens is 2. The van der Waals surface area contributed by atoms with Gasteiger partial charge in [0.15, 0.2) is 5.69 Å². The number of hydrogen-bond donors (Lipinski definition) is 2. The lowest BCUT2D eigenvalue weighted by Gasteiger charge is -2.33. The first-order chi connectivity index (χ1) is 18.0. The molecule has 4 N–H and O–H groups in total. The Morgan fingerprint density at radius 2 is 1.69 bits per heavy atom. The second-order valence-corrected chi connectivity index (χ2v) is 8.81. The number of carbonyl (C=O) groups is 2. The van der Waals surface area contributed by atoms with Crippen LogP contribution in [0.1, 0.15) is 69.2 Å². The third-order valence-electron chi connectivity index (χ3n) is 5.58. The number of hydrogen-bond acceptors (Lipinski definition) is 5. The summed E-state index contributed by atoms with van der Waals surface area (Å²) < 4.78 is 106. The number of piperidine rings is 1. The molecule has 1 atom stereocenters. The van der Waals surface area contributed by atoms with E-state index < -0.39 is 84.8 Å². The van der Waals surface area contributed by atoms with Gasteiger partial charge in [-0.25, -0.2) is 18.7 Å². The maximum absolute atomic E-state index is 13.5. The van der Waals surface area contributed by atoms with Crippen molar-refractivity contribution in [1.29, 1.82) is 0 Å². The van der Waals surface area contributed by atoms with Crippen LogP contribution in [0.2, 0.25) is 0 Å². The molecule has 2 aliphatic rings. The minimum Gasteiger partial charge on any atom is -0.396 e. The number of rotatable bonds is 5. The second kappa shape index (κ2) is 14.1. The molecule has 0 aromatic carbocycles. The maximum Gasteiger partial charge on any atom is 0.451 e. The van der Waals surface area contributed by atoms with E-state index in [1.54, 1.807) is 0 Å². The third-order valence-corrected chi connectivity index (χ3v) is 5.58. The standard InChI is InChI=1S/C18H19F8N5O2.C3H8O.C2H6/c19-16(20)3-1-12(32)31(8-16)6-9(27)5-13(33)30-4-2-10-11(7-30)28-15(18(24,25)26)29-14(10)17(21,22)23;1-2-3-4;1-2/h9H,1-8,27H2;4H,2-3H2,1H3;1-2H3/p+1/t9-;;/m0../s1. The van der Waals surface area contributed by atoms with Gasteiger partial charge in [-0.15, -0.1) is 0 Å². The molecule has 0 aliphatic carbocycles. The Balaban J connectivity index is 0.00000116. The molecule has 2 amide bonds. The molecular formula is C23H34F8N5O3+. The molecule has 224 valence electrons. The van der Waals surface area contributed by atoms with Crippen LogP contribution in [-0.2, 0) is 34.9 Å². The van der Waals surface area contributed by atoms with Gasteiger partial charge in [-0.3, -0.25) is 9.59 Å². The van der Waals surface area contributed by atoms with E-state index >= 15 is 0 Å². The number of alkyl halides is 8. The van der Waals surface area contributed by atoms with Crippen molar-refractivity contribution in [1.82, 2.24) is 19.8 Å². The first-order valence-corrected chi connectivity index (χ1v) is 12.4. The first kappa shape index (κ1) is 34.4. The summed E-state index contributed by atoms with van der Waals surface area (Å²) in [4.78, 5) is 32.2. The van der Waals surface area contributed by atoms with Crippen LogP contribution in [-0.4, -0.2) is 74.9 Å². The smallest absolute Gasteiger partial charge is 0.396 e. The molecule has 1 fully saturated rings. The van der Waals surface area contributed by atoms with Crippen molar-refractivity contribution in [3.63, 3.8) is 0 Å². The molecule has 0 spiro atoms. The molecule has 8 nitrogen and oxygen atoms in total. The zero-order valence-electron chi connectivity index (χ0n) is 21.9. The van der Waals surface area contributed by atoms with Crippen LogP contribution in [0.5, 0.6) is 0 Å². The van der Waals surface area contributed by atoms with Crippen LogP contribution in [0.25, 0.3) is 0 Å². The Bertz CT molecular complexity index is 970. The van der Waals surface area contributed by atoms with E-state index in [1.807, 2.05) is 20.8 Å². The molecule has 1 aromatic heterocycles. The van der Waals surface area contributed by atoms with Crippen molar-refractivity contribution < 1.29 is 55.6 Å². The van der Waals surface area contributed by atoms with Gasteiger partial charge in [0.1, 0.15) is 6.04 Å². The van der Waals surface area contributed by atoms with E-state index in [1.165, 1.54) is 0 Å². The topological polar surface area (TPSA) is 114 Å². The number of quaternary nitrogens is 1. The summed E-state index contributed by atoms with van der Waals surface area (Å²) in [5, 5.41) is 7.88. The molecular weight excluding hydrogens is 546 g/mol. The van der Waals surface area contributed by atoms with Crippen molar-refractivity contribution in [3.8, 4) is 0 Å². The van der Waals surface area contributed by atoms with Crippen LogP contribution in [0, 0.1) is 0 Å². The summed E-state index contributed by atoms with van der Waals surface area (Å²) in [6.07, 6.45) is -11.2. The average molecular weight is 581 g/mol. The van der Waals surface area contributed by atoms with Crippen molar-refractivity contribution in [2.24, 2.45) is 0 Å². The highest BCUT2D eigenvalue weighted by molar-refractivity contribution is 5.78. The van der Waals surface area contributed by atoms with Gasteiger partial charge < -0.3 is 20.6 Å². The second-order valence-electron chi connectivity index (χ2n) is 8.81. The van der Waals surface area contributed by atoms with Gasteiger partial charge in [0.2, 0.25) is 17.6 Å². The Hall–Kier alpha value is -2.62. The molecule has 0 bridgehead atoms. The summed E-state index contributed by atoms with van der Waals surface area (Å²) in [6, 6.07) is -0.807. The van der Waals surface area contributed by atoms with E-state index in [4.69, 9.17) is 5.11 Å². The summed E-state index contributed by atoms with van der Waals surface area (Å²) in [7, 11) is 0. The monoisotopic (exact) mass is 580 g/mol. The number of aliphatic hydroxyl groups excluding tert-OH is 1. The van der Waals surface area contributed by atoms with Crippen molar-refractivity contribution in [2.45, 2.75) is 83.7 Å². The molecule has 1 aromatic rings. The van der Waals surface area contributed by atoms with Gasteiger partial charge in [0, 0.05) is 31.6 Å². The number of carbonyl (C=O) groups excluding carboxylic acids is 2. The van der Waals surface area contributed by atoms with Gasteiger partial charge in [0.25, 0.3) is 5.92 Å². The zero-order valence-corrected chi connectivity index (χ0v) is 21.9. The number of aliphatic hydroxyl groups is 1. The Labute approximate surface area is 220 Å². The quantitative estimate of drug-likeness (QED) is 0.520. The summed E-state index contributed by atoms with van der Waals surface area (Å²) >= 11 is 0. The lowest BCUT2D eigenvalue weighted by molar-refractivity contribution is -0.420. The van der Waals surface area contributed by atoms with Crippen LogP contribution in [0.4, 0.5) is 35.1 Å². The van der Waals surface area contributed by atoms with Crippen LogP contribution in [0.15, 0.2) is 0 Å². The number of amides is 2. The van der Waals surface area contributed by atoms with E-state index in [2.05, 4.69) is 15.7 Å². The highest BCUT2D eigenvalue weighted by Gasteiger charge is 2.44. The Morgan fingerprint density at radius 3 is 2.21 bits per heavy atom. The zero-order chi connectivity index (χ0) is 30.2. The molecule has 0 radical (unpaired) electrons. The van der Waals surface area contributed by atoms with E-state index in [0.717, 1.165) is 16.2 Å². The number of halogens is 8. The van der Waals surface area contributed by atoms with E-state index in [-0.39, 0.29) is 25.9 Å². The minimum atomic E-state index is -5.22. The molecule has 3 heterocycles. The molecule has 3 rings (SSSR count). The lowest BCUT2D eigenvalue weighted by atomic mass is 10.0. The van der Waals surface area contributed by atoms with Crippen molar-refractivity contribution in [2.75, 3.05) is 26.2 Å². The summed E-state index contributed by atoms with van der Waals surface area (Å²) in [5.41, 5.74) is 0.921. The summed E-state index contributed by atoms with van der Waals surface area (Å²) in [5.74, 6) is -6.18. The van der Waals surface area contributed by atoms with Gasteiger partial charge >= 0.3 is 12.4 Å². The predicted molar refractivity (Wildman–Crippen MR) is 122 cm³/mol. The Morgan fingerprint density at radius 1 is 1.10 bits per heavy atom. The van der Waals surface area contributed by atoms with Gasteiger partial charge in [0.05, 0.1) is 31.7 Å². The highest BCUT2D eigenvalue weighted by Crippen LogP contribution is 2.37. The normalized spacial score (nSPS) is 17.8. The number of fused-ring (bicyclic) bond motifs is 1. The van der Waals surface area contributed by atoms with Gasteiger partial charge in [-0.1, -0.05) is 20.8 Å². The molecule has 2 aliphatic heterocycles. The molecule has 16 heteroatoms. The minimum absolute atomic E-state index is 0.225. The lowest BCUT2D eigenvalue weighted by Crippen LogP contribution is -2.67.